The first-order valence-electron chi connectivity index (χ1n) is 16.7. The van der Waals surface area contributed by atoms with Crippen molar-refractivity contribution >= 4 is 67.0 Å². The summed E-state index contributed by atoms with van der Waals surface area (Å²) in [7, 11) is 0. The first-order chi connectivity index (χ1) is 28.0. The van der Waals surface area contributed by atoms with Gasteiger partial charge < -0.3 is 14.2 Å². The summed E-state index contributed by atoms with van der Waals surface area (Å²) in [5, 5.41) is 30.0. The maximum Gasteiger partial charge on any atom is 0.258 e. The fourth-order valence-corrected chi connectivity index (χ4v) is 5.83. The Kier molecular flexibility index (Phi) is 7.41. The highest BCUT2D eigenvalue weighted by atomic mass is 16.5. The highest BCUT2D eigenvalue weighted by Gasteiger charge is 2.24. The van der Waals surface area contributed by atoms with Crippen LogP contribution in [0.15, 0.2) is 91.0 Å². The second-order valence-electron chi connectivity index (χ2n) is 11.9. The van der Waals surface area contributed by atoms with Gasteiger partial charge in [-0.15, -0.1) is 0 Å². The van der Waals surface area contributed by atoms with E-state index >= 15 is 0 Å². The number of benzene rings is 4. The minimum atomic E-state index is -0.141. The van der Waals surface area contributed by atoms with Crippen LogP contribution in [0.4, 0.5) is 0 Å². The normalized spacial score (nSPS) is 11.1. The van der Waals surface area contributed by atoms with Gasteiger partial charge in [0.1, 0.15) is 68.6 Å². The molecule has 18 heteroatoms. The van der Waals surface area contributed by atoms with Crippen LogP contribution >= 0.6 is 0 Å². The average Bonchev–Trinajstić information content (AvgIpc) is 3.25. The molecule has 0 spiro atoms. The number of nitrogens with zero attached hydrogens (tertiary/aromatic N) is 15. The molecule has 0 aliphatic rings. The SMILES string of the molecule is N#Cc1nc2nc3c4nc5nc(Oc6ccccc6)c(C#N)nc5nc4c4nc5nc(Oc6ccccc6)c(C#N)nc5nc4c3nc2nc1Oc1ccccc1. The van der Waals surface area contributed by atoms with Crippen molar-refractivity contribution in [2.75, 3.05) is 0 Å². The molecule has 0 radical (unpaired) electrons. The van der Waals surface area contributed by atoms with Crippen molar-refractivity contribution in [3.63, 3.8) is 0 Å². The van der Waals surface area contributed by atoms with E-state index in [0.717, 1.165) is 0 Å². The molecule has 0 N–H and O–H groups in total. The maximum absolute atomic E-state index is 10.0. The van der Waals surface area contributed by atoms with Crippen molar-refractivity contribution in [3.05, 3.63) is 108 Å². The second kappa shape index (κ2) is 13.0. The molecule has 0 saturated heterocycles. The van der Waals surface area contributed by atoms with E-state index in [9.17, 15) is 15.8 Å². The predicted octanol–water partition coefficient (Wildman–Crippen LogP) is 6.34. The van der Waals surface area contributed by atoms with Gasteiger partial charge in [0.15, 0.2) is 16.9 Å². The zero-order valence-electron chi connectivity index (χ0n) is 28.6. The molecule has 10 aromatic rings. The third-order valence-corrected chi connectivity index (χ3v) is 8.33. The zero-order valence-corrected chi connectivity index (χ0v) is 28.6. The van der Waals surface area contributed by atoms with Crippen LogP contribution in [0.2, 0.25) is 0 Å². The van der Waals surface area contributed by atoms with E-state index in [0.29, 0.717) is 17.2 Å². The van der Waals surface area contributed by atoms with Gasteiger partial charge in [-0.2, -0.15) is 30.7 Å². The lowest BCUT2D eigenvalue weighted by Gasteiger charge is -2.11. The summed E-state index contributed by atoms with van der Waals surface area (Å²) in [6.45, 7) is 0. The van der Waals surface area contributed by atoms with Crippen molar-refractivity contribution in [2.24, 2.45) is 0 Å². The van der Waals surface area contributed by atoms with Crippen molar-refractivity contribution in [1.82, 2.24) is 59.8 Å². The summed E-state index contributed by atoms with van der Waals surface area (Å²) in [6.07, 6.45) is 0. The Balaban J connectivity index is 1.27. The summed E-state index contributed by atoms with van der Waals surface area (Å²) in [5.41, 5.74) is 0.417. The molecule has 0 atom stereocenters. The van der Waals surface area contributed by atoms with E-state index < -0.39 is 0 Å². The van der Waals surface area contributed by atoms with Crippen molar-refractivity contribution in [3.8, 4) is 53.1 Å². The smallest absolute Gasteiger partial charge is 0.258 e. The molecule has 0 aliphatic carbocycles. The Hall–Kier alpha value is -9.21. The first kappa shape index (κ1) is 32.4. The zero-order chi connectivity index (χ0) is 38.5. The number of aromatic nitrogens is 12. The summed E-state index contributed by atoms with van der Waals surface area (Å²) in [5.74, 6) is 0.982. The highest BCUT2D eigenvalue weighted by molar-refractivity contribution is 6.20. The minimum Gasteiger partial charge on any atom is -0.436 e. The highest BCUT2D eigenvalue weighted by Crippen LogP contribution is 2.34. The lowest BCUT2D eigenvalue weighted by atomic mass is 10.2. The Labute approximate surface area is 317 Å². The van der Waals surface area contributed by atoms with Gasteiger partial charge in [0, 0.05) is 0 Å². The summed E-state index contributed by atoms with van der Waals surface area (Å²) in [4.78, 5) is 55.5. The van der Waals surface area contributed by atoms with Crippen LogP contribution < -0.4 is 14.2 Å². The maximum atomic E-state index is 10.0. The van der Waals surface area contributed by atoms with Crippen molar-refractivity contribution in [1.29, 1.82) is 15.8 Å². The molecule has 4 aromatic carbocycles. The number of fused-ring (bicyclic) bond motifs is 9. The van der Waals surface area contributed by atoms with Crippen LogP contribution in [-0.4, -0.2) is 59.8 Å². The largest absolute Gasteiger partial charge is 0.436 e. The van der Waals surface area contributed by atoms with Gasteiger partial charge in [-0.25, -0.2) is 44.9 Å². The first-order valence-corrected chi connectivity index (χ1v) is 16.7. The van der Waals surface area contributed by atoms with Gasteiger partial charge in [-0.1, -0.05) is 54.6 Å². The van der Waals surface area contributed by atoms with Gasteiger partial charge in [0.25, 0.3) is 17.6 Å². The van der Waals surface area contributed by atoms with Gasteiger partial charge in [0.2, 0.25) is 34.0 Å². The average molecular weight is 742 g/mol. The number of hydrogen-bond donors (Lipinski definition) is 0. The fourth-order valence-electron chi connectivity index (χ4n) is 5.83. The summed E-state index contributed by atoms with van der Waals surface area (Å²) in [6, 6.07) is 32.3. The molecule has 0 aliphatic heterocycles. The second-order valence-corrected chi connectivity index (χ2v) is 11.9. The molecule has 6 aromatic heterocycles. The molecular weight excluding hydrogens is 727 g/mol. The van der Waals surface area contributed by atoms with E-state index in [1.165, 1.54) is 0 Å². The molecule has 0 amide bonds. The van der Waals surface area contributed by atoms with Gasteiger partial charge in [0.05, 0.1) is 0 Å². The molecule has 0 fully saturated rings. The number of ether oxygens (including phenoxy) is 3. The number of para-hydroxylation sites is 3. The Morgan fingerprint density at radius 3 is 0.754 bits per heavy atom. The van der Waals surface area contributed by atoms with Crippen LogP contribution in [0.25, 0.3) is 67.0 Å². The number of rotatable bonds is 6. The number of nitriles is 3. The molecule has 6 heterocycles. The lowest BCUT2D eigenvalue weighted by Crippen LogP contribution is -2.05. The molecule has 10 rings (SSSR count). The molecule has 0 saturated carbocycles. The van der Waals surface area contributed by atoms with E-state index in [-0.39, 0.29) is 102 Å². The van der Waals surface area contributed by atoms with E-state index in [1.807, 2.05) is 36.4 Å². The monoisotopic (exact) mass is 741 g/mol. The van der Waals surface area contributed by atoms with Crippen molar-refractivity contribution in [2.45, 2.75) is 0 Å². The van der Waals surface area contributed by atoms with Crippen LogP contribution in [0.1, 0.15) is 17.1 Å². The molecule has 264 valence electrons. The molecular formula is C39H15N15O3. The van der Waals surface area contributed by atoms with Crippen LogP contribution in [0.3, 0.4) is 0 Å². The molecule has 0 unspecified atom stereocenters. The minimum absolute atomic E-state index is 0.0102. The van der Waals surface area contributed by atoms with E-state index in [4.69, 9.17) is 44.1 Å². The summed E-state index contributed by atoms with van der Waals surface area (Å²) < 4.78 is 17.7. The third-order valence-electron chi connectivity index (χ3n) is 8.33. The third kappa shape index (κ3) is 5.66. The van der Waals surface area contributed by atoms with E-state index in [2.05, 4.69) is 29.9 Å². The predicted molar refractivity (Wildman–Crippen MR) is 199 cm³/mol. The van der Waals surface area contributed by atoms with Gasteiger partial charge >= 0.3 is 0 Å². The number of hydrogen-bond acceptors (Lipinski definition) is 18. The van der Waals surface area contributed by atoms with Gasteiger partial charge in [-0.05, 0) is 36.4 Å². The fraction of sp³-hybridized carbons (Fsp3) is 0. The molecule has 57 heavy (non-hydrogen) atoms. The standard InChI is InChI=1S/C39H15N15O3/c40-16-22-37(55-19-10-4-1-5-11-19)52-34-31(43-22)46-25-28(49-34)26-30(51-35-32(47-26)44-23(17-41)38(53-35)56-20-12-6-2-7-13-20)27-29(25)50-36-33(48-27)45-24(18-42)39(54-36)57-21-14-8-3-9-15-21/h1-15H. The van der Waals surface area contributed by atoms with E-state index in [1.54, 1.807) is 72.8 Å². The quantitative estimate of drug-likeness (QED) is 0.133. The Morgan fingerprint density at radius 1 is 0.298 bits per heavy atom. The van der Waals surface area contributed by atoms with Crippen LogP contribution in [0.5, 0.6) is 34.9 Å². The van der Waals surface area contributed by atoms with Crippen LogP contribution in [0, 0.1) is 34.0 Å². The van der Waals surface area contributed by atoms with Crippen molar-refractivity contribution < 1.29 is 14.2 Å². The lowest BCUT2D eigenvalue weighted by molar-refractivity contribution is 0.460. The Morgan fingerprint density at radius 2 is 0.526 bits per heavy atom. The Bertz CT molecular complexity index is 3030. The molecule has 18 nitrogen and oxygen atoms in total. The molecule has 0 bridgehead atoms. The summed E-state index contributed by atoms with van der Waals surface area (Å²) >= 11 is 0. The topological polar surface area (TPSA) is 254 Å². The van der Waals surface area contributed by atoms with Gasteiger partial charge in [-0.3, -0.25) is 0 Å². The van der Waals surface area contributed by atoms with Crippen LogP contribution in [-0.2, 0) is 0 Å².